The number of halogens is 1. The van der Waals surface area contributed by atoms with Gasteiger partial charge in [0.25, 0.3) is 0 Å². The van der Waals surface area contributed by atoms with E-state index in [9.17, 15) is 14.7 Å². The van der Waals surface area contributed by atoms with Crippen LogP contribution in [0.15, 0.2) is 127 Å². The number of phenols is 1. The fourth-order valence-electron chi connectivity index (χ4n) is 8.11. The zero-order valence-electron chi connectivity index (χ0n) is 37.6. The highest BCUT2D eigenvalue weighted by molar-refractivity contribution is 5.95. The highest BCUT2D eigenvalue weighted by Crippen LogP contribution is 2.37. The van der Waals surface area contributed by atoms with E-state index in [2.05, 4.69) is 114 Å². The van der Waals surface area contributed by atoms with Crippen LogP contribution < -0.4 is 4.74 Å². The summed E-state index contributed by atoms with van der Waals surface area (Å²) in [7, 11) is 0. The topological polar surface area (TPSA) is 70.1 Å². The highest BCUT2D eigenvalue weighted by atomic mass is 35.5. The van der Waals surface area contributed by atoms with Crippen molar-refractivity contribution in [2.45, 2.75) is 125 Å². The Hall–Kier alpha value is -4.75. The molecule has 0 bridgehead atoms. The Morgan fingerprint density at radius 2 is 0.917 bits per heavy atom. The maximum absolute atomic E-state index is 12.2. The van der Waals surface area contributed by atoms with Gasteiger partial charge in [-0.15, -0.1) is 12.4 Å². The van der Waals surface area contributed by atoms with E-state index in [4.69, 9.17) is 4.74 Å². The summed E-state index contributed by atoms with van der Waals surface area (Å²) in [6.45, 7) is 23.4. The monoisotopic (exact) mass is 832 g/mol. The van der Waals surface area contributed by atoms with Crippen molar-refractivity contribution in [3.05, 3.63) is 166 Å². The van der Waals surface area contributed by atoms with Crippen molar-refractivity contribution in [2.24, 2.45) is 0 Å². The Kier molecular flexibility index (Phi) is 20.3. The number of carbonyl (C=O) groups is 2. The average molecular weight is 834 g/mol. The smallest absolute Gasteiger partial charge is 0.159 e. The van der Waals surface area contributed by atoms with Crippen molar-refractivity contribution in [1.29, 1.82) is 0 Å². The number of Topliss-reactive ketones (excluding diaryl/α,β-unsaturated/α-hetero) is 2. The molecule has 0 aliphatic heterocycles. The number of aromatic hydroxyl groups is 1. The highest BCUT2D eigenvalue weighted by Gasteiger charge is 2.24. The van der Waals surface area contributed by atoms with Gasteiger partial charge in [0.1, 0.15) is 18.1 Å². The van der Waals surface area contributed by atoms with Gasteiger partial charge in [-0.25, -0.2) is 0 Å². The van der Waals surface area contributed by atoms with Crippen molar-refractivity contribution in [3.8, 4) is 11.5 Å². The first-order chi connectivity index (χ1) is 28.2. The third-order valence-electron chi connectivity index (χ3n) is 11.2. The second-order valence-electron chi connectivity index (χ2n) is 16.8. The lowest BCUT2D eigenvalue weighted by Crippen LogP contribution is -2.38. The average Bonchev–Trinajstić information content (AvgIpc) is 3.21. The van der Waals surface area contributed by atoms with Crippen molar-refractivity contribution >= 4 is 24.0 Å². The van der Waals surface area contributed by atoms with Gasteiger partial charge >= 0.3 is 0 Å². The van der Waals surface area contributed by atoms with Gasteiger partial charge in [-0.05, 0) is 148 Å². The van der Waals surface area contributed by atoms with Crippen LogP contribution in [-0.4, -0.2) is 63.7 Å². The predicted octanol–water partition coefficient (Wildman–Crippen LogP) is 12.8. The summed E-state index contributed by atoms with van der Waals surface area (Å²) >= 11 is 0. The second kappa shape index (κ2) is 24.5. The Balaban J connectivity index is 0.000000324. The molecule has 0 heterocycles. The van der Waals surface area contributed by atoms with Gasteiger partial charge in [0.2, 0.25) is 0 Å². The van der Waals surface area contributed by atoms with Crippen molar-refractivity contribution in [2.75, 3.05) is 13.1 Å². The van der Waals surface area contributed by atoms with Crippen LogP contribution in [0.4, 0.5) is 0 Å². The molecule has 1 N–H and O–H groups in total. The van der Waals surface area contributed by atoms with Crippen LogP contribution in [-0.2, 0) is 6.61 Å². The number of ketones is 2. The molecule has 0 saturated heterocycles. The molecule has 0 spiro atoms. The molecule has 7 heteroatoms. The SMILES string of the molecule is CC(=O)c1ccc(O)c([C@H](CCN(C(C)C)C(C)C)c2ccccc2)c1.CC(=O)c1ccc(OCc2ccccc2)c([C@H](CCN(C(C)C)C(C)C)c2ccccc2)c1.Cl. The van der Waals surface area contributed by atoms with Crippen LogP contribution in [0.2, 0.25) is 0 Å². The number of nitrogens with zero attached hydrogens (tertiary/aromatic N) is 2. The quantitative estimate of drug-likeness (QED) is 0.0836. The van der Waals surface area contributed by atoms with E-state index in [1.165, 1.54) is 5.56 Å². The molecule has 0 aliphatic rings. The molecule has 5 rings (SSSR count). The maximum Gasteiger partial charge on any atom is 0.159 e. The first kappa shape index (κ1) is 49.6. The summed E-state index contributed by atoms with van der Waals surface area (Å²) < 4.78 is 6.34. The van der Waals surface area contributed by atoms with E-state index in [1.54, 1.807) is 26.0 Å². The van der Waals surface area contributed by atoms with E-state index < -0.39 is 0 Å². The molecule has 0 aromatic heterocycles. The van der Waals surface area contributed by atoms with E-state index in [0.29, 0.717) is 36.3 Å². The first-order valence-corrected chi connectivity index (χ1v) is 21.4. The maximum atomic E-state index is 12.2. The Morgan fingerprint density at radius 3 is 1.33 bits per heavy atom. The minimum atomic E-state index is 0. The van der Waals surface area contributed by atoms with Crippen LogP contribution in [0.5, 0.6) is 11.5 Å². The van der Waals surface area contributed by atoms with Gasteiger partial charge in [0.15, 0.2) is 11.6 Å². The molecule has 0 unspecified atom stereocenters. The first-order valence-electron chi connectivity index (χ1n) is 21.4. The molecule has 0 amide bonds. The third-order valence-corrected chi connectivity index (χ3v) is 11.2. The van der Waals surface area contributed by atoms with E-state index in [1.807, 2.05) is 66.7 Å². The summed E-state index contributed by atoms with van der Waals surface area (Å²) in [6.07, 6.45) is 1.83. The van der Waals surface area contributed by atoms with E-state index >= 15 is 0 Å². The lowest BCUT2D eigenvalue weighted by Gasteiger charge is -2.32. The minimum absolute atomic E-state index is 0. The molecular formula is C53H69ClN2O4. The van der Waals surface area contributed by atoms with Crippen LogP contribution in [0.3, 0.4) is 0 Å². The summed E-state index contributed by atoms with van der Waals surface area (Å²) in [5.74, 6) is 1.38. The lowest BCUT2D eigenvalue weighted by molar-refractivity contribution is 0.100. The molecule has 5 aromatic rings. The van der Waals surface area contributed by atoms with Crippen molar-refractivity contribution in [1.82, 2.24) is 9.80 Å². The molecule has 0 aliphatic carbocycles. The number of carbonyl (C=O) groups excluding carboxylic acids is 2. The van der Waals surface area contributed by atoms with Gasteiger partial charge in [0.05, 0.1) is 0 Å². The number of ether oxygens (including phenoxy) is 1. The van der Waals surface area contributed by atoms with Crippen molar-refractivity contribution < 1.29 is 19.4 Å². The third kappa shape index (κ3) is 14.5. The molecule has 322 valence electrons. The van der Waals surface area contributed by atoms with Crippen LogP contribution in [0.1, 0.15) is 142 Å². The number of hydrogen-bond acceptors (Lipinski definition) is 6. The van der Waals surface area contributed by atoms with Crippen LogP contribution in [0, 0.1) is 0 Å². The van der Waals surface area contributed by atoms with Gasteiger partial charge in [0, 0.05) is 58.3 Å². The summed E-state index contributed by atoms with van der Waals surface area (Å²) in [5, 5.41) is 10.5. The zero-order chi connectivity index (χ0) is 43.1. The zero-order valence-corrected chi connectivity index (χ0v) is 38.4. The summed E-state index contributed by atoms with van der Waals surface area (Å²) in [5.41, 5.74) is 6.81. The van der Waals surface area contributed by atoms with Gasteiger partial charge in [-0.3, -0.25) is 19.4 Å². The number of phenolic OH excluding ortho intramolecular Hbond substituents is 1. The van der Waals surface area contributed by atoms with Crippen molar-refractivity contribution in [3.63, 3.8) is 0 Å². The normalized spacial score (nSPS) is 12.3. The minimum Gasteiger partial charge on any atom is -0.508 e. The van der Waals surface area contributed by atoms with Gasteiger partial charge in [-0.2, -0.15) is 0 Å². The largest absolute Gasteiger partial charge is 0.508 e. The fraction of sp³-hybridized carbons (Fsp3) is 0.396. The number of rotatable bonds is 19. The van der Waals surface area contributed by atoms with E-state index in [-0.39, 0.29) is 41.6 Å². The summed E-state index contributed by atoms with van der Waals surface area (Å²) in [4.78, 5) is 29.0. The standard InChI is InChI=1S/C30H37NO2.C23H31NO2.ClH/c1-22(2)31(23(3)4)19-18-28(26-14-10-7-11-15-26)29-20-27(24(5)32)16-17-30(29)33-21-25-12-8-6-9-13-25;1-16(2)24(17(3)4)14-13-21(19-9-7-6-8-10-19)22-15-20(18(5)25)11-12-23(22)26;/h6-17,20,22-23,28H,18-19,21H2,1-5H3;6-12,15-17,21,26H,13-14H2,1-5H3;1H/t28-;21-;/m11./s1. The summed E-state index contributed by atoms with van der Waals surface area (Å²) in [6, 6.07) is 44.0. The second-order valence-corrected chi connectivity index (χ2v) is 16.8. The van der Waals surface area contributed by atoms with Gasteiger partial charge < -0.3 is 9.84 Å². The molecule has 5 aromatic carbocycles. The van der Waals surface area contributed by atoms with Gasteiger partial charge in [-0.1, -0.05) is 91.0 Å². The number of benzene rings is 5. The molecular weight excluding hydrogens is 764 g/mol. The Bertz CT molecular complexity index is 2020. The fourth-order valence-corrected chi connectivity index (χ4v) is 8.11. The van der Waals surface area contributed by atoms with Crippen LogP contribution >= 0.6 is 12.4 Å². The molecule has 0 radical (unpaired) electrons. The molecule has 0 fully saturated rings. The van der Waals surface area contributed by atoms with Crippen LogP contribution in [0.25, 0.3) is 0 Å². The molecule has 60 heavy (non-hydrogen) atoms. The lowest BCUT2D eigenvalue weighted by atomic mass is 9.86. The molecule has 6 nitrogen and oxygen atoms in total. The Labute approximate surface area is 367 Å². The predicted molar refractivity (Wildman–Crippen MR) is 252 cm³/mol. The van der Waals surface area contributed by atoms with E-state index in [0.717, 1.165) is 59.5 Å². The molecule has 0 saturated carbocycles. The Morgan fingerprint density at radius 1 is 0.533 bits per heavy atom. The number of hydrogen-bond donors (Lipinski definition) is 1. The molecule has 2 atom stereocenters.